The van der Waals surface area contributed by atoms with E-state index in [0.29, 0.717) is 5.56 Å². The molecule has 0 atom stereocenters. The third-order valence-corrected chi connectivity index (χ3v) is 3.94. The second-order valence-corrected chi connectivity index (χ2v) is 9.00. The summed E-state index contributed by atoms with van der Waals surface area (Å²) in [5.41, 5.74) is 0.0359. The number of amides is 1. The normalized spacial score (nSPS) is 11.5. The molecule has 0 spiro atoms. The van der Waals surface area contributed by atoms with Gasteiger partial charge >= 0.3 is 12.1 Å². The zero-order chi connectivity index (χ0) is 20.1. The Balaban J connectivity index is 3.02. The van der Waals surface area contributed by atoms with E-state index in [2.05, 4.69) is 28.7 Å². The van der Waals surface area contributed by atoms with Crippen LogP contribution >= 0.6 is 22.6 Å². The lowest BCUT2D eigenvalue weighted by molar-refractivity contribution is -0.156. The molecule has 7 heteroatoms. The lowest BCUT2D eigenvalue weighted by atomic mass is 10.1. The van der Waals surface area contributed by atoms with Crippen LogP contribution in [0.1, 0.15) is 52.7 Å². The van der Waals surface area contributed by atoms with Crippen LogP contribution < -0.4 is 0 Å². The highest BCUT2D eigenvalue weighted by Crippen LogP contribution is 2.19. The fraction of sp³-hybridized carbons (Fsp3) is 0.526. The van der Waals surface area contributed by atoms with Crippen LogP contribution in [0, 0.1) is 14.9 Å². The van der Waals surface area contributed by atoms with Crippen molar-refractivity contribution in [3.05, 3.63) is 32.9 Å². The van der Waals surface area contributed by atoms with Crippen molar-refractivity contribution in [2.24, 2.45) is 0 Å². The maximum Gasteiger partial charge on any atom is 0.411 e. The Labute approximate surface area is 168 Å². The van der Waals surface area contributed by atoms with Crippen LogP contribution in [0.25, 0.3) is 0 Å². The second kappa shape index (κ2) is 8.71. The first-order chi connectivity index (χ1) is 11.8. The van der Waals surface area contributed by atoms with Crippen molar-refractivity contribution in [2.75, 3.05) is 6.54 Å². The van der Waals surface area contributed by atoms with Gasteiger partial charge in [0, 0.05) is 3.57 Å². The average molecular weight is 472 g/mol. The van der Waals surface area contributed by atoms with Crippen LogP contribution in [-0.2, 0) is 20.8 Å². The van der Waals surface area contributed by atoms with Crippen molar-refractivity contribution in [3.8, 4) is 6.07 Å². The monoisotopic (exact) mass is 472 g/mol. The lowest BCUT2D eigenvalue weighted by Crippen LogP contribution is -2.41. The number of ether oxygens (including phenoxy) is 2. The Kier molecular flexibility index (Phi) is 7.45. The van der Waals surface area contributed by atoms with Gasteiger partial charge in [0.15, 0.2) is 0 Å². The largest absolute Gasteiger partial charge is 0.459 e. The van der Waals surface area contributed by atoms with Crippen molar-refractivity contribution < 1.29 is 19.1 Å². The van der Waals surface area contributed by atoms with Gasteiger partial charge in [0.1, 0.15) is 17.7 Å². The van der Waals surface area contributed by atoms with Crippen molar-refractivity contribution in [1.82, 2.24) is 4.90 Å². The number of carbonyl (C=O) groups excluding carboxylic acids is 2. The molecule has 1 aromatic carbocycles. The van der Waals surface area contributed by atoms with Gasteiger partial charge in [-0.1, -0.05) is 6.07 Å². The van der Waals surface area contributed by atoms with Gasteiger partial charge in [-0.25, -0.2) is 4.79 Å². The Hall–Kier alpha value is -1.82. The molecule has 0 radical (unpaired) electrons. The minimum Gasteiger partial charge on any atom is -0.459 e. The number of esters is 1. The lowest BCUT2D eigenvalue weighted by Gasteiger charge is -2.28. The molecule has 0 aromatic heterocycles. The maximum atomic E-state index is 12.5. The van der Waals surface area contributed by atoms with Crippen LogP contribution in [-0.4, -0.2) is 34.7 Å². The Morgan fingerprint density at radius 2 is 1.69 bits per heavy atom. The summed E-state index contributed by atoms with van der Waals surface area (Å²) in [6, 6.07) is 7.26. The van der Waals surface area contributed by atoms with Crippen LogP contribution in [0.5, 0.6) is 0 Å². The van der Waals surface area contributed by atoms with E-state index in [9.17, 15) is 9.59 Å². The standard InChI is InChI=1S/C19H25IN2O4/c1-18(2,3)25-16(23)12-22(17(24)26-19(4,5)6)11-14-8-7-13(10-21)9-15(14)20/h7-9H,11-12H2,1-6H3. The third-order valence-electron chi connectivity index (χ3n) is 2.94. The number of hydrogen-bond donors (Lipinski definition) is 0. The highest BCUT2D eigenvalue weighted by Gasteiger charge is 2.27. The van der Waals surface area contributed by atoms with Crippen molar-refractivity contribution >= 4 is 34.7 Å². The van der Waals surface area contributed by atoms with E-state index >= 15 is 0 Å². The molecule has 1 aromatic rings. The van der Waals surface area contributed by atoms with E-state index in [1.807, 2.05) is 0 Å². The molecule has 0 heterocycles. The highest BCUT2D eigenvalue weighted by atomic mass is 127. The SMILES string of the molecule is CC(C)(C)OC(=O)CN(Cc1ccc(C#N)cc1I)C(=O)OC(C)(C)C. The summed E-state index contributed by atoms with van der Waals surface area (Å²) in [4.78, 5) is 26.0. The van der Waals surface area contributed by atoms with Gasteiger partial charge in [0.2, 0.25) is 0 Å². The van der Waals surface area contributed by atoms with Gasteiger partial charge in [-0.3, -0.25) is 9.69 Å². The summed E-state index contributed by atoms with van der Waals surface area (Å²) in [6.45, 7) is 10.6. The number of hydrogen-bond acceptors (Lipinski definition) is 5. The first-order valence-corrected chi connectivity index (χ1v) is 9.27. The Bertz CT molecular complexity index is 712. The summed E-state index contributed by atoms with van der Waals surface area (Å²) in [7, 11) is 0. The van der Waals surface area contributed by atoms with E-state index in [1.165, 1.54) is 4.90 Å². The van der Waals surface area contributed by atoms with E-state index in [0.717, 1.165) is 9.13 Å². The summed E-state index contributed by atoms with van der Waals surface area (Å²) < 4.78 is 11.6. The molecule has 142 valence electrons. The Morgan fingerprint density at radius 3 is 2.15 bits per heavy atom. The van der Waals surface area contributed by atoms with Crippen LogP contribution in [0.15, 0.2) is 18.2 Å². The molecule has 0 N–H and O–H groups in total. The maximum absolute atomic E-state index is 12.5. The quantitative estimate of drug-likeness (QED) is 0.484. The van der Waals surface area contributed by atoms with E-state index in [4.69, 9.17) is 14.7 Å². The van der Waals surface area contributed by atoms with Gasteiger partial charge < -0.3 is 9.47 Å². The van der Waals surface area contributed by atoms with Gasteiger partial charge in [0.05, 0.1) is 18.2 Å². The molecule has 0 fully saturated rings. The molecule has 0 unspecified atom stereocenters. The van der Waals surface area contributed by atoms with Gasteiger partial charge in [-0.15, -0.1) is 0 Å². The summed E-state index contributed by atoms with van der Waals surface area (Å²) in [5.74, 6) is -0.507. The zero-order valence-corrected chi connectivity index (χ0v) is 18.2. The minimum absolute atomic E-state index is 0.179. The Morgan fingerprint density at radius 1 is 1.12 bits per heavy atom. The molecule has 0 aliphatic carbocycles. The zero-order valence-electron chi connectivity index (χ0n) is 16.1. The highest BCUT2D eigenvalue weighted by molar-refractivity contribution is 14.1. The minimum atomic E-state index is -0.679. The predicted molar refractivity (Wildman–Crippen MR) is 106 cm³/mol. The fourth-order valence-corrected chi connectivity index (χ4v) is 2.68. The number of carbonyl (C=O) groups is 2. The molecule has 26 heavy (non-hydrogen) atoms. The van der Waals surface area contributed by atoms with Gasteiger partial charge in [-0.2, -0.15) is 5.26 Å². The van der Waals surface area contributed by atoms with Gasteiger partial charge in [0.25, 0.3) is 0 Å². The molecule has 0 bridgehead atoms. The molecule has 0 aliphatic rings. The molecule has 6 nitrogen and oxygen atoms in total. The van der Waals surface area contributed by atoms with E-state index in [1.54, 1.807) is 59.7 Å². The topological polar surface area (TPSA) is 79.6 Å². The summed E-state index contributed by atoms with van der Waals surface area (Å²) >= 11 is 2.10. The molecule has 0 saturated heterocycles. The van der Waals surface area contributed by atoms with Crippen LogP contribution in [0.4, 0.5) is 4.79 Å². The van der Waals surface area contributed by atoms with Crippen molar-refractivity contribution in [3.63, 3.8) is 0 Å². The van der Waals surface area contributed by atoms with Crippen LogP contribution in [0.3, 0.4) is 0 Å². The molecule has 1 rings (SSSR count). The van der Waals surface area contributed by atoms with Crippen molar-refractivity contribution in [2.45, 2.75) is 59.3 Å². The number of benzene rings is 1. The fourth-order valence-electron chi connectivity index (χ4n) is 1.99. The number of halogens is 1. The predicted octanol–water partition coefficient (Wildman–Crippen LogP) is 4.24. The molecule has 0 aliphatic heterocycles. The molecular formula is C19H25IN2O4. The average Bonchev–Trinajstić information content (AvgIpc) is 2.44. The van der Waals surface area contributed by atoms with E-state index in [-0.39, 0.29) is 13.1 Å². The van der Waals surface area contributed by atoms with Gasteiger partial charge in [-0.05, 0) is 81.8 Å². The number of nitrogens with zero attached hydrogens (tertiary/aromatic N) is 2. The first kappa shape index (κ1) is 22.2. The third kappa shape index (κ3) is 8.04. The first-order valence-electron chi connectivity index (χ1n) is 8.19. The van der Waals surface area contributed by atoms with Crippen LogP contribution in [0.2, 0.25) is 0 Å². The van der Waals surface area contributed by atoms with Crippen molar-refractivity contribution in [1.29, 1.82) is 5.26 Å². The molecular weight excluding hydrogens is 447 g/mol. The second-order valence-electron chi connectivity index (χ2n) is 7.84. The number of rotatable bonds is 4. The van der Waals surface area contributed by atoms with E-state index < -0.39 is 23.3 Å². The smallest absolute Gasteiger partial charge is 0.411 e. The number of nitriles is 1. The molecule has 0 saturated carbocycles. The summed E-state index contributed by atoms with van der Waals surface area (Å²) in [6.07, 6.45) is -0.594. The summed E-state index contributed by atoms with van der Waals surface area (Å²) in [5, 5.41) is 8.98. The molecule has 1 amide bonds.